The van der Waals surface area contributed by atoms with Gasteiger partial charge in [-0.15, -0.1) is 0 Å². The number of hydrogen-bond acceptors (Lipinski definition) is 3. The van der Waals surface area contributed by atoms with Crippen molar-refractivity contribution in [2.24, 2.45) is 0 Å². The number of nitrogen functional groups attached to an aromatic ring is 1. The van der Waals surface area contributed by atoms with Crippen LogP contribution in [0.3, 0.4) is 0 Å². The van der Waals surface area contributed by atoms with Gasteiger partial charge in [-0.05, 0) is 105 Å². The Bertz CT molecular complexity index is 1820. The van der Waals surface area contributed by atoms with Crippen molar-refractivity contribution in [3.63, 3.8) is 0 Å². The van der Waals surface area contributed by atoms with Gasteiger partial charge >= 0.3 is 0 Å². The largest absolute Gasteiger partial charge is 0.398 e. The number of benzene rings is 4. The van der Waals surface area contributed by atoms with E-state index in [1.54, 1.807) is 57.9 Å². The zero-order chi connectivity index (χ0) is 37.4. The normalized spacial score (nSPS) is 16.1. The first-order valence-corrected chi connectivity index (χ1v) is 22.9. The number of anilines is 1. The Morgan fingerprint density at radius 3 is 1.58 bits per heavy atom. The molecule has 4 aromatic carbocycles. The highest BCUT2D eigenvalue weighted by Crippen LogP contribution is 2.57. The van der Waals surface area contributed by atoms with Crippen LogP contribution in [0.4, 0.5) is 5.69 Å². The average Bonchev–Trinajstić information content (AvgIpc) is 3.12. The summed E-state index contributed by atoms with van der Waals surface area (Å²) in [6.45, 7) is 14.3. The number of hydrogen-bond donors (Lipinski definition) is 2. The van der Waals surface area contributed by atoms with Crippen molar-refractivity contribution in [3.05, 3.63) is 107 Å². The second-order valence-corrected chi connectivity index (χ2v) is 20.2. The van der Waals surface area contributed by atoms with Crippen LogP contribution in [0.5, 0.6) is 0 Å². The summed E-state index contributed by atoms with van der Waals surface area (Å²) in [4.78, 5) is 0. The van der Waals surface area contributed by atoms with Crippen molar-refractivity contribution in [1.82, 2.24) is 0 Å². The zero-order valence-electron chi connectivity index (χ0n) is 32.4. The van der Waals surface area contributed by atoms with Crippen LogP contribution in [-0.4, -0.2) is 24.3 Å². The van der Waals surface area contributed by atoms with E-state index in [1.165, 1.54) is 69.8 Å². The average molecular weight is 740 g/mol. The van der Waals surface area contributed by atoms with Crippen LogP contribution in [0.2, 0.25) is 0 Å². The highest BCUT2D eigenvalue weighted by molar-refractivity contribution is 7.85. The monoisotopic (exact) mass is 739 g/mol. The highest BCUT2D eigenvalue weighted by Gasteiger charge is 2.34. The van der Waals surface area contributed by atoms with E-state index in [4.69, 9.17) is 10.3 Å². The predicted octanol–water partition coefficient (Wildman–Crippen LogP) is 12.8. The van der Waals surface area contributed by atoms with Gasteiger partial charge in [0.15, 0.2) is 0 Å². The summed E-state index contributed by atoms with van der Waals surface area (Å²) in [5.41, 5.74) is 18.2. The van der Waals surface area contributed by atoms with Crippen LogP contribution in [0, 0.1) is 0 Å². The minimum Gasteiger partial charge on any atom is -0.398 e. The summed E-state index contributed by atoms with van der Waals surface area (Å²) >= 11 is 0. The van der Waals surface area contributed by atoms with Crippen LogP contribution in [0.15, 0.2) is 84.9 Å². The van der Waals surface area contributed by atoms with E-state index in [0.717, 1.165) is 16.9 Å². The minimum atomic E-state index is -4.06. The van der Waals surface area contributed by atoms with Crippen LogP contribution in [-0.2, 0) is 15.9 Å². The van der Waals surface area contributed by atoms with Gasteiger partial charge in [-0.2, -0.15) is 8.42 Å². The maximum Gasteiger partial charge on any atom is 0.269 e. The van der Waals surface area contributed by atoms with E-state index in [-0.39, 0.29) is 7.92 Å². The molecule has 2 aliphatic carbocycles. The summed E-state index contributed by atoms with van der Waals surface area (Å²) in [6, 6.07) is 29.0. The van der Waals surface area contributed by atoms with Gasteiger partial charge in [0.1, 0.15) is 5.75 Å². The molecule has 52 heavy (non-hydrogen) atoms. The Hall–Kier alpha value is -2.98. The lowest BCUT2D eigenvalue weighted by molar-refractivity contribution is 0.482. The topological polar surface area (TPSA) is 80.4 Å². The number of rotatable bonds is 10. The molecule has 0 saturated heterocycles. The van der Waals surface area contributed by atoms with Gasteiger partial charge < -0.3 is 5.73 Å². The Balaban J connectivity index is 0.000000244. The van der Waals surface area contributed by atoms with Crippen LogP contribution < -0.4 is 11.0 Å². The fourth-order valence-corrected chi connectivity index (χ4v) is 13.0. The van der Waals surface area contributed by atoms with Crippen molar-refractivity contribution < 1.29 is 13.0 Å². The first-order valence-electron chi connectivity index (χ1n) is 19.8. The van der Waals surface area contributed by atoms with E-state index in [1.807, 2.05) is 18.2 Å². The summed E-state index contributed by atoms with van der Waals surface area (Å²) in [5, 5.41) is 1.75. The van der Waals surface area contributed by atoms with Gasteiger partial charge in [0.2, 0.25) is 0 Å². The number of nitrogens with two attached hydrogens (primary N) is 1. The van der Waals surface area contributed by atoms with Crippen molar-refractivity contribution >= 4 is 29.0 Å². The molecule has 2 fully saturated rings. The van der Waals surface area contributed by atoms with Crippen LogP contribution in [0.1, 0.15) is 146 Å². The molecule has 0 unspecified atom stereocenters. The van der Waals surface area contributed by atoms with E-state index < -0.39 is 15.9 Å². The summed E-state index contributed by atoms with van der Waals surface area (Å²) in [7, 11) is -4.18. The summed E-state index contributed by atoms with van der Waals surface area (Å²) in [6.07, 6.45) is 14.6. The third-order valence-corrected chi connectivity index (χ3v) is 15.4. The molecule has 0 aromatic heterocycles. The molecule has 0 atom stereocenters. The third kappa shape index (κ3) is 10.2. The summed E-state index contributed by atoms with van der Waals surface area (Å²) in [5.74, 6) is 1.22. The fraction of sp³-hybridized carbons (Fsp3) is 0.478. The molecule has 4 aromatic rings. The molecule has 0 aliphatic heterocycles. The third-order valence-electron chi connectivity index (χ3n) is 11.1. The Morgan fingerprint density at radius 1 is 0.635 bits per heavy atom. The minimum absolute atomic E-state index is 0.120. The van der Waals surface area contributed by atoms with Crippen LogP contribution in [0.25, 0.3) is 22.3 Å². The van der Waals surface area contributed by atoms with E-state index in [2.05, 4.69) is 77.9 Å². The fourth-order valence-electron chi connectivity index (χ4n) is 8.43. The standard InChI is InChI=1S/C33H49P.C13H13NO3S/c1-23(2)26-21-30(24(3)4)33(31(22-26)25(5)6)29-19-13-14-20-32(29)34(27-15-9-7-10-16-27)28-17-11-8-12-18-28;14-13-8-4-3-7-12(13)11-6-2-1-5-10(11)9-18(15,16)17/h13-14,19-25,27-28H,7-12,15-18H2,1-6H3;1-8H,9,14H2,(H,15,16,17). The molecule has 0 heterocycles. The maximum absolute atomic E-state index is 11.0. The van der Waals surface area contributed by atoms with Gasteiger partial charge in [0.05, 0.1) is 0 Å². The van der Waals surface area contributed by atoms with Crippen LogP contribution >= 0.6 is 7.92 Å². The molecule has 0 amide bonds. The summed E-state index contributed by atoms with van der Waals surface area (Å²) < 4.78 is 30.9. The lowest BCUT2D eigenvalue weighted by Gasteiger charge is -2.40. The van der Waals surface area contributed by atoms with Crippen molar-refractivity contribution in [3.8, 4) is 22.3 Å². The molecular formula is C46H62NO3PS. The second kappa shape index (κ2) is 18.4. The zero-order valence-corrected chi connectivity index (χ0v) is 34.2. The smallest absolute Gasteiger partial charge is 0.269 e. The molecular weight excluding hydrogens is 678 g/mol. The molecule has 6 heteroatoms. The molecule has 3 N–H and O–H groups in total. The van der Waals surface area contributed by atoms with Gasteiger partial charge in [-0.25, -0.2) is 0 Å². The number of para-hydroxylation sites is 1. The van der Waals surface area contributed by atoms with E-state index in [0.29, 0.717) is 34.6 Å². The second-order valence-electron chi connectivity index (χ2n) is 16.0. The first kappa shape index (κ1) is 40.2. The SMILES string of the molecule is CC(C)c1cc(C(C)C)c(-c2ccccc2P(C2CCCCC2)C2CCCCC2)c(C(C)C)c1.Nc1ccccc1-c1ccccc1CS(=O)(=O)O. The van der Waals surface area contributed by atoms with Crippen molar-refractivity contribution in [2.45, 2.75) is 141 Å². The van der Waals surface area contributed by atoms with E-state index >= 15 is 0 Å². The highest BCUT2D eigenvalue weighted by atomic mass is 32.2. The van der Waals surface area contributed by atoms with Crippen molar-refractivity contribution in [1.29, 1.82) is 0 Å². The molecule has 2 saturated carbocycles. The van der Waals surface area contributed by atoms with Gasteiger partial charge in [0, 0.05) is 11.3 Å². The lowest BCUT2D eigenvalue weighted by Crippen LogP contribution is -2.27. The Labute approximate surface area is 316 Å². The molecule has 0 radical (unpaired) electrons. The van der Waals surface area contributed by atoms with Gasteiger partial charge in [-0.1, -0.05) is 167 Å². The Kier molecular flexibility index (Phi) is 14.2. The first-order chi connectivity index (χ1) is 24.9. The Morgan fingerprint density at radius 2 is 1.10 bits per heavy atom. The predicted molar refractivity (Wildman–Crippen MR) is 226 cm³/mol. The van der Waals surface area contributed by atoms with Crippen molar-refractivity contribution in [2.75, 3.05) is 5.73 Å². The molecule has 4 nitrogen and oxygen atoms in total. The molecule has 2 aliphatic rings. The van der Waals surface area contributed by atoms with Gasteiger partial charge in [-0.3, -0.25) is 4.55 Å². The maximum atomic E-state index is 11.0. The quantitative estimate of drug-likeness (QED) is 0.0964. The molecule has 0 bridgehead atoms. The van der Waals surface area contributed by atoms with E-state index in [9.17, 15) is 8.42 Å². The molecule has 0 spiro atoms. The lowest BCUT2D eigenvalue weighted by atomic mass is 9.82. The van der Waals surface area contributed by atoms with Gasteiger partial charge in [0.25, 0.3) is 10.1 Å². The molecule has 6 rings (SSSR count). The molecule has 280 valence electrons.